The molecule has 0 amide bonds. The highest BCUT2D eigenvalue weighted by Crippen LogP contribution is 2.76. The Kier molecular flexibility index (Phi) is 4.36. The Bertz CT molecular complexity index is 761. The number of hydrogen-bond donors (Lipinski definition) is 1. The van der Waals surface area contributed by atoms with Gasteiger partial charge < -0.3 is 14.6 Å². The molecule has 0 aliphatic heterocycles. The smallest absolute Gasteiger partial charge is 0.207 e. The molecular weight excluding hydrogens is 352 g/mol. The van der Waals surface area contributed by atoms with Crippen LogP contribution in [0.4, 0.5) is 0 Å². The van der Waals surface area contributed by atoms with Crippen LogP contribution in [0.3, 0.4) is 0 Å². The third-order valence-corrected chi connectivity index (χ3v) is 8.11. The molecule has 4 aliphatic carbocycles. The van der Waals surface area contributed by atoms with Crippen molar-refractivity contribution in [3.63, 3.8) is 0 Å². The molecule has 4 heteroatoms. The highest BCUT2D eigenvalue weighted by atomic mass is 16.5. The second-order valence-corrected chi connectivity index (χ2v) is 10.6. The Morgan fingerprint density at radius 3 is 2.32 bits per heavy atom. The number of aliphatic hydroxyl groups is 1. The van der Waals surface area contributed by atoms with Crippen LogP contribution in [0.1, 0.15) is 74.1 Å². The van der Waals surface area contributed by atoms with E-state index in [2.05, 4.69) is 26.8 Å². The van der Waals surface area contributed by atoms with Crippen molar-refractivity contribution in [2.45, 2.75) is 92.0 Å². The average molecular weight is 389 g/mol. The SMILES string of the molecule is CC(C)OC1=C(OC(C)C)[C@]2(O)C3=CC[C@@]4(C)[C@H](C(C)C)CC[C@]34C[C@@H]2C1=O. The van der Waals surface area contributed by atoms with Gasteiger partial charge in [0.15, 0.2) is 11.4 Å². The lowest BCUT2D eigenvalue weighted by Crippen LogP contribution is -2.40. The fourth-order valence-electron chi connectivity index (χ4n) is 7.11. The number of Topliss-reactive ketones (excluding diaryl/α,β-unsaturated/α-hetero) is 1. The van der Waals surface area contributed by atoms with Crippen LogP contribution in [0.5, 0.6) is 0 Å². The van der Waals surface area contributed by atoms with E-state index in [0.717, 1.165) is 18.4 Å². The van der Waals surface area contributed by atoms with E-state index >= 15 is 0 Å². The van der Waals surface area contributed by atoms with Crippen LogP contribution in [-0.4, -0.2) is 28.7 Å². The lowest BCUT2D eigenvalue weighted by Gasteiger charge is -2.43. The standard InChI is InChI=1S/C24H36O4/c1-13(2)16-8-11-23-12-17-19(25)20(27-14(3)4)21(28-15(5)6)24(17,26)18(23)9-10-22(16,23)7/h9,13-17,26H,8,10-12H2,1-7H3/t16-,17+,22-,23-,24+/m0/s1. The van der Waals surface area contributed by atoms with Crippen molar-refractivity contribution in [2.75, 3.05) is 0 Å². The van der Waals surface area contributed by atoms with Crippen molar-refractivity contribution in [2.24, 2.45) is 28.6 Å². The minimum absolute atomic E-state index is 0.0770. The monoisotopic (exact) mass is 388 g/mol. The van der Waals surface area contributed by atoms with Crippen LogP contribution in [0.15, 0.2) is 23.2 Å². The fraction of sp³-hybridized carbons (Fsp3) is 0.792. The van der Waals surface area contributed by atoms with E-state index in [1.807, 2.05) is 27.7 Å². The number of carbonyl (C=O) groups excluding carboxylic acids is 1. The third kappa shape index (κ3) is 2.24. The molecule has 4 rings (SSSR count). The summed E-state index contributed by atoms with van der Waals surface area (Å²) in [6.07, 6.45) is 5.88. The summed E-state index contributed by atoms with van der Waals surface area (Å²) in [5.74, 6) is 1.28. The van der Waals surface area contributed by atoms with Gasteiger partial charge in [0.1, 0.15) is 0 Å². The normalized spacial score (nSPS) is 41.8. The first kappa shape index (κ1) is 20.0. The Morgan fingerprint density at radius 2 is 1.75 bits per heavy atom. The predicted molar refractivity (Wildman–Crippen MR) is 108 cm³/mol. The number of rotatable bonds is 5. The minimum atomic E-state index is -1.34. The molecule has 1 N–H and O–H groups in total. The van der Waals surface area contributed by atoms with Gasteiger partial charge in [0.05, 0.1) is 18.1 Å². The highest BCUT2D eigenvalue weighted by Gasteiger charge is 2.75. The van der Waals surface area contributed by atoms with Gasteiger partial charge in [-0.05, 0) is 76.2 Å². The van der Waals surface area contributed by atoms with Crippen molar-refractivity contribution in [1.82, 2.24) is 0 Å². The number of hydrogen-bond acceptors (Lipinski definition) is 4. The third-order valence-electron chi connectivity index (χ3n) is 8.11. The summed E-state index contributed by atoms with van der Waals surface area (Å²) in [5, 5.41) is 12.1. The maximum Gasteiger partial charge on any atom is 0.207 e. The Morgan fingerprint density at radius 1 is 1.11 bits per heavy atom. The van der Waals surface area contributed by atoms with Crippen LogP contribution < -0.4 is 0 Å². The van der Waals surface area contributed by atoms with Crippen LogP contribution in [-0.2, 0) is 14.3 Å². The fourth-order valence-corrected chi connectivity index (χ4v) is 7.11. The number of ether oxygens (including phenoxy) is 2. The van der Waals surface area contributed by atoms with Gasteiger partial charge in [0.25, 0.3) is 0 Å². The number of fused-ring (bicyclic) bond motifs is 2. The molecule has 0 radical (unpaired) electrons. The van der Waals surface area contributed by atoms with Gasteiger partial charge >= 0.3 is 0 Å². The van der Waals surface area contributed by atoms with Crippen molar-refractivity contribution in [3.05, 3.63) is 23.2 Å². The largest absolute Gasteiger partial charge is 0.488 e. The maximum absolute atomic E-state index is 13.4. The van der Waals surface area contributed by atoms with Gasteiger partial charge in [-0.15, -0.1) is 0 Å². The van der Waals surface area contributed by atoms with Gasteiger partial charge in [-0.25, -0.2) is 0 Å². The Labute approximate surface area is 169 Å². The van der Waals surface area contributed by atoms with Crippen LogP contribution in [0.25, 0.3) is 0 Å². The first-order chi connectivity index (χ1) is 13.0. The van der Waals surface area contributed by atoms with E-state index in [1.54, 1.807) is 0 Å². The minimum Gasteiger partial charge on any atom is -0.488 e. The molecular formula is C24H36O4. The summed E-state index contributed by atoms with van der Waals surface area (Å²) in [6.45, 7) is 14.7. The molecule has 156 valence electrons. The van der Waals surface area contributed by atoms with Crippen molar-refractivity contribution in [1.29, 1.82) is 0 Å². The Balaban J connectivity index is 1.83. The van der Waals surface area contributed by atoms with Crippen LogP contribution >= 0.6 is 0 Å². The molecule has 4 aliphatic rings. The van der Waals surface area contributed by atoms with Gasteiger partial charge in [-0.3, -0.25) is 4.79 Å². The van der Waals surface area contributed by atoms with Gasteiger partial charge in [-0.2, -0.15) is 0 Å². The topological polar surface area (TPSA) is 55.8 Å². The lowest BCUT2D eigenvalue weighted by atomic mass is 9.61. The molecule has 5 atom stereocenters. The second kappa shape index (κ2) is 6.10. The van der Waals surface area contributed by atoms with Crippen molar-refractivity contribution in [3.8, 4) is 0 Å². The summed E-state index contributed by atoms with van der Waals surface area (Å²) in [5.41, 5.74) is -0.276. The summed E-state index contributed by atoms with van der Waals surface area (Å²) in [7, 11) is 0. The Hall–Kier alpha value is -1.29. The molecule has 2 saturated carbocycles. The number of ketones is 1. The molecule has 4 nitrogen and oxygen atoms in total. The van der Waals surface area contributed by atoms with Gasteiger partial charge in [0.2, 0.25) is 11.5 Å². The zero-order chi connectivity index (χ0) is 20.6. The van der Waals surface area contributed by atoms with Crippen LogP contribution in [0.2, 0.25) is 0 Å². The second-order valence-electron chi connectivity index (χ2n) is 10.6. The highest BCUT2D eigenvalue weighted by molar-refractivity contribution is 6.02. The van der Waals surface area contributed by atoms with Crippen LogP contribution in [0, 0.1) is 28.6 Å². The van der Waals surface area contributed by atoms with E-state index in [1.165, 1.54) is 6.42 Å². The summed E-state index contributed by atoms with van der Waals surface area (Å²) in [6, 6.07) is 0. The molecule has 0 heterocycles. The first-order valence-corrected chi connectivity index (χ1v) is 11.0. The average Bonchev–Trinajstić information content (AvgIpc) is 3.16. The summed E-state index contributed by atoms with van der Waals surface area (Å²) in [4.78, 5) is 13.4. The number of allylic oxidation sites excluding steroid dienone is 2. The molecule has 1 spiro atoms. The van der Waals surface area contributed by atoms with E-state index in [4.69, 9.17) is 9.47 Å². The molecule has 0 aromatic rings. The molecule has 0 saturated heterocycles. The van der Waals surface area contributed by atoms with Crippen molar-refractivity contribution >= 4 is 5.78 Å². The van der Waals surface area contributed by atoms with Gasteiger partial charge in [-0.1, -0.05) is 26.8 Å². The molecule has 0 unspecified atom stereocenters. The first-order valence-electron chi connectivity index (χ1n) is 11.0. The lowest BCUT2D eigenvalue weighted by molar-refractivity contribution is -0.125. The zero-order valence-corrected chi connectivity index (χ0v) is 18.5. The maximum atomic E-state index is 13.4. The quantitative estimate of drug-likeness (QED) is 0.689. The summed E-state index contributed by atoms with van der Waals surface area (Å²) < 4.78 is 12.0. The molecule has 0 aromatic carbocycles. The van der Waals surface area contributed by atoms with E-state index in [0.29, 0.717) is 24.0 Å². The predicted octanol–water partition coefficient (Wildman–Crippen LogP) is 4.77. The van der Waals surface area contributed by atoms with Gasteiger partial charge in [0, 0.05) is 5.41 Å². The molecule has 0 aromatic heterocycles. The molecule has 28 heavy (non-hydrogen) atoms. The van der Waals surface area contributed by atoms with E-state index in [-0.39, 0.29) is 34.6 Å². The number of carbonyl (C=O) groups is 1. The molecule has 2 fully saturated rings. The van der Waals surface area contributed by atoms with E-state index < -0.39 is 11.5 Å². The molecule has 0 bridgehead atoms. The zero-order valence-electron chi connectivity index (χ0n) is 18.5. The van der Waals surface area contributed by atoms with E-state index in [9.17, 15) is 9.90 Å². The summed E-state index contributed by atoms with van der Waals surface area (Å²) >= 11 is 0. The van der Waals surface area contributed by atoms with Crippen molar-refractivity contribution < 1.29 is 19.4 Å².